The van der Waals surface area contributed by atoms with Gasteiger partial charge in [-0.1, -0.05) is 0 Å². The van der Waals surface area contributed by atoms with Crippen LogP contribution in [0.5, 0.6) is 0 Å². The Bertz CT molecular complexity index is 428. The summed E-state index contributed by atoms with van der Waals surface area (Å²) in [6.07, 6.45) is 0. The molecular weight excluding hydrogens is 296 g/mol. The summed E-state index contributed by atoms with van der Waals surface area (Å²) in [5.74, 6) is -4.19. The Morgan fingerprint density at radius 3 is 1.95 bits per heavy atom. The lowest BCUT2D eigenvalue weighted by molar-refractivity contribution is -0.163. The third-order valence-electron chi connectivity index (χ3n) is 2.83. The summed E-state index contributed by atoms with van der Waals surface area (Å²) in [5.41, 5.74) is 0. The van der Waals surface area contributed by atoms with Crippen molar-refractivity contribution in [1.82, 2.24) is 0 Å². The number of alkyl halides is 1. The van der Waals surface area contributed by atoms with Crippen LogP contribution >= 0.6 is 11.6 Å². The average Bonchev–Trinajstić information content (AvgIpc) is 2.53. The molecule has 0 aliphatic carbocycles. The topological polar surface area (TPSA) is 86.7 Å². The van der Waals surface area contributed by atoms with Crippen LogP contribution in [0.4, 0.5) is 0 Å². The van der Waals surface area contributed by atoms with Crippen LogP contribution in [-0.4, -0.2) is 50.5 Å². The number of halogens is 1. The Hall–Kier alpha value is -0.820. The Balaban J connectivity index is 2.97. The molecule has 1 aliphatic heterocycles. The van der Waals surface area contributed by atoms with E-state index in [0.717, 1.165) is 0 Å². The maximum absolute atomic E-state index is 11.8. The molecule has 0 unspecified atom stereocenters. The molecule has 0 saturated carbocycles. The molecule has 6 nitrogen and oxygen atoms in total. The van der Waals surface area contributed by atoms with E-state index in [1.807, 2.05) is 0 Å². The van der Waals surface area contributed by atoms with Crippen molar-refractivity contribution in [2.24, 2.45) is 11.8 Å². The first-order valence-electron chi connectivity index (χ1n) is 6.00. The Kier molecular flexibility index (Phi) is 5.61. The first kappa shape index (κ1) is 16.2. The lowest BCUT2D eigenvalue weighted by atomic mass is 9.91. The van der Waals surface area contributed by atoms with Gasteiger partial charge in [-0.05, 0) is 13.8 Å². The largest absolute Gasteiger partial charge is 0.465 e. The van der Waals surface area contributed by atoms with Crippen molar-refractivity contribution < 1.29 is 27.5 Å². The van der Waals surface area contributed by atoms with Gasteiger partial charge in [-0.15, -0.1) is 11.6 Å². The number of esters is 2. The molecule has 0 bridgehead atoms. The van der Waals surface area contributed by atoms with Crippen molar-refractivity contribution in [3.63, 3.8) is 0 Å². The molecule has 0 aromatic carbocycles. The highest BCUT2D eigenvalue weighted by molar-refractivity contribution is 7.91. The maximum Gasteiger partial charge on any atom is 0.320 e. The monoisotopic (exact) mass is 312 g/mol. The Labute approximate surface area is 117 Å². The van der Waals surface area contributed by atoms with Crippen LogP contribution in [0.2, 0.25) is 0 Å². The Morgan fingerprint density at radius 2 is 1.63 bits per heavy atom. The molecule has 0 amide bonds. The fourth-order valence-corrected chi connectivity index (χ4v) is 4.84. The molecule has 0 spiro atoms. The minimum absolute atomic E-state index is 0.0984. The standard InChI is InChI=1S/C11H17ClO6S/c1-3-17-10(13)9(11(14)18-4-2)7-5-19(15,16)6-8(7)12/h7-9H,3-6H2,1-2H3/t7-,8+/m1/s1. The van der Waals surface area contributed by atoms with Gasteiger partial charge in [0.25, 0.3) is 0 Å². The van der Waals surface area contributed by atoms with E-state index in [0.29, 0.717) is 0 Å². The molecule has 1 rings (SSSR count). The highest BCUT2D eigenvalue weighted by Gasteiger charge is 2.48. The van der Waals surface area contributed by atoms with Crippen molar-refractivity contribution >= 4 is 33.4 Å². The second kappa shape index (κ2) is 6.56. The van der Waals surface area contributed by atoms with E-state index in [9.17, 15) is 18.0 Å². The zero-order valence-corrected chi connectivity index (χ0v) is 12.4. The molecule has 8 heteroatoms. The molecule has 1 aliphatic rings. The summed E-state index contributed by atoms with van der Waals surface area (Å²) in [4.78, 5) is 23.7. The van der Waals surface area contributed by atoms with Crippen molar-refractivity contribution in [1.29, 1.82) is 0 Å². The summed E-state index contributed by atoms with van der Waals surface area (Å²) < 4.78 is 32.7. The first-order valence-corrected chi connectivity index (χ1v) is 8.26. The lowest BCUT2D eigenvalue weighted by Gasteiger charge is -2.21. The van der Waals surface area contributed by atoms with E-state index in [4.69, 9.17) is 21.1 Å². The molecule has 2 atom stereocenters. The molecule has 0 aromatic rings. The summed E-state index contributed by atoms with van der Waals surface area (Å²) in [6.45, 7) is 3.40. The highest BCUT2D eigenvalue weighted by Crippen LogP contribution is 2.32. The van der Waals surface area contributed by atoms with Crippen LogP contribution in [-0.2, 0) is 28.9 Å². The number of carbonyl (C=O) groups excluding carboxylic acids is 2. The van der Waals surface area contributed by atoms with E-state index >= 15 is 0 Å². The van der Waals surface area contributed by atoms with E-state index in [1.54, 1.807) is 13.8 Å². The molecule has 0 radical (unpaired) electrons. The maximum atomic E-state index is 11.8. The highest BCUT2D eigenvalue weighted by atomic mass is 35.5. The summed E-state index contributed by atoms with van der Waals surface area (Å²) in [6, 6.07) is 0. The number of hydrogen-bond acceptors (Lipinski definition) is 6. The minimum atomic E-state index is -3.33. The van der Waals surface area contributed by atoms with Crippen molar-refractivity contribution in [2.45, 2.75) is 19.2 Å². The van der Waals surface area contributed by atoms with Crippen LogP contribution in [0, 0.1) is 11.8 Å². The predicted octanol–water partition coefficient (Wildman–Crippen LogP) is 0.381. The van der Waals surface area contributed by atoms with Gasteiger partial charge in [0.2, 0.25) is 0 Å². The minimum Gasteiger partial charge on any atom is -0.465 e. The van der Waals surface area contributed by atoms with E-state index in [1.165, 1.54) is 0 Å². The summed E-state index contributed by atoms with van der Waals surface area (Å²) >= 11 is 5.95. The zero-order valence-electron chi connectivity index (χ0n) is 10.8. The number of carbonyl (C=O) groups is 2. The van der Waals surface area contributed by atoms with Gasteiger partial charge in [-0.2, -0.15) is 0 Å². The van der Waals surface area contributed by atoms with Gasteiger partial charge in [0, 0.05) is 5.92 Å². The van der Waals surface area contributed by atoms with Crippen molar-refractivity contribution in [3.8, 4) is 0 Å². The summed E-state index contributed by atoms with van der Waals surface area (Å²) in [7, 11) is -3.33. The molecule has 1 fully saturated rings. The molecule has 1 heterocycles. The van der Waals surface area contributed by atoms with Gasteiger partial charge in [-0.3, -0.25) is 9.59 Å². The normalized spacial score (nSPS) is 25.3. The van der Waals surface area contributed by atoms with Gasteiger partial charge >= 0.3 is 11.9 Å². The van der Waals surface area contributed by atoms with Gasteiger partial charge < -0.3 is 9.47 Å². The smallest absolute Gasteiger partial charge is 0.320 e. The van der Waals surface area contributed by atoms with Crippen molar-refractivity contribution in [2.75, 3.05) is 24.7 Å². The van der Waals surface area contributed by atoms with E-state index in [-0.39, 0.29) is 24.7 Å². The first-order chi connectivity index (χ1) is 8.82. The van der Waals surface area contributed by atoms with Gasteiger partial charge in [0.05, 0.1) is 30.1 Å². The van der Waals surface area contributed by atoms with Crippen LogP contribution < -0.4 is 0 Å². The third kappa shape index (κ3) is 4.07. The molecular formula is C11H17ClO6S. The molecule has 1 saturated heterocycles. The van der Waals surface area contributed by atoms with E-state index < -0.39 is 39.0 Å². The fourth-order valence-electron chi connectivity index (χ4n) is 2.05. The zero-order chi connectivity index (χ0) is 14.6. The molecule has 110 valence electrons. The van der Waals surface area contributed by atoms with Crippen LogP contribution in [0.3, 0.4) is 0 Å². The third-order valence-corrected chi connectivity index (χ3v) is 5.25. The number of sulfone groups is 1. The average molecular weight is 313 g/mol. The quantitative estimate of drug-likeness (QED) is 0.414. The van der Waals surface area contributed by atoms with E-state index in [2.05, 4.69) is 0 Å². The number of rotatable bonds is 5. The predicted molar refractivity (Wildman–Crippen MR) is 68.5 cm³/mol. The second-order valence-corrected chi connectivity index (χ2v) is 6.95. The molecule has 0 N–H and O–H groups in total. The second-order valence-electron chi connectivity index (χ2n) is 4.24. The Morgan fingerprint density at radius 1 is 1.16 bits per heavy atom. The lowest BCUT2D eigenvalue weighted by Crippen LogP contribution is -2.38. The fraction of sp³-hybridized carbons (Fsp3) is 0.818. The number of hydrogen-bond donors (Lipinski definition) is 0. The van der Waals surface area contributed by atoms with Crippen LogP contribution in [0.1, 0.15) is 13.8 Å². The van der Waals surface area contributed by atoms with Crippen LogP contribution in [0.15, 0.2) is 0 Å². The van der Waals surface area contributed by atoms with Crippen LogP contribution in [0.25, 0.3) is 0 Å². The molecule has 0 aromatic heterocycles. The van der Waals surface area contributed by atoms with Gasteiger partial charge in [0.1, 0.15) is 0 Å². The summed E-state index contributed by atoms with van der Waals surface area (Å²) in [5, 5.41) is -0.788. The number of ether oxygens (including phenoxy) is 2. The molecule has 19 heavy (non-hydrogen) atoms. The SMILES string of the molecule is CCOC(=O)C(C(=O)OCC)[C@@H]1CS(=O)(=O)C[C@@H]1Cl. The van der Waals surface area contributed by atoms with Gasteiger partial charge in [0.15, 0.2) is 15.8 Å². The van der Waals surface area contributed by atoms with Gasteiger partial charge in [-0.25, -0.2) is 8.42 Å². The van der Waals surface area contributed by atoms with Crippen molar-refractivity contribution in [3.05, 3.63) is 0 Å².